The summed E-state index contributed by atoms with van der Waals surface area (Å²) in [6.07, 6.45) is 0. The highest BCUT2D eigenvalue weighted by Gasteiger charge is 2.14. The number of rotatable bonds is 4. The summed E-state index contributed by atoms with van der Waals surface area (Å²) >= 11 is 9.46. The van der Waals surface area contributed by atoms with E-state index in [-0.39, 0.29) is 6.04 Å². The summed E-state index contributed by atoms with van der Waals surface area (Å²) in [5.74, 6) is 0. The maximum absolute atomic E-state index is 6.02. The van der Waals surface area contributed by atoms with Crippen LogP contribution in [0.15, 0.2) is 40.9 Å². The molecule has 4 heteroatoms. The average molecular weight is 354 g/mol. The van der Waals surface area contributed by atoms with Gasteiger partial charge in [0.05, 0.1) is 11.1 Å². The van der Waals surface area contributed by atoms with E-state index in [2.05, 4.69) is 53.3 Å². The molecule has 0 radical (unpaired) electrons. The van der Waals surface area contributed by atoms with Crippen LogP contribution in [0.2, 0.25) is 5.02 Å². The van der Waals surface area contributed by atoms with Crippen LogP contribution in [0.5, 0.6) is 0 Å². The van der Waals surface area contributed by atoms with Gasteiger partial charge in [-0.3, -0.25) is 0 Å². The lowest BCUT2D eigenvalue weighted by Crippen LogP contribution is -2.22. The Balaban J connectivity index is 2.31. The smallest absolute Gasteiger partial charge is 0.0641 e. The third-order valence-corrected chi connectivity index (χ3v) is 4.60. The Morgan fingerprint density at radius 2 is 1.85 bits per heavy atom. The SMILES string of the molecule is Cc1cccc(C)c1C(CN)Nc1ccc(Cl)c(Br)c1. The first-order chi connectivity index (χ1) is 9.52. The van der Waals surface area contributed by atoms with Crippen LogP contribution in [-0.4, -0.2) is 6.54 Å². The monoisotopic (exact) mass is 352 g/mol. The first-order valence-electron chi connectivity index (χ1n) is 6.50. The second-order valence-electron chi connectivity index (χ2n) is 4.87. The van der Waals surface area contributed by atoms with Gasteiger partial charge in [-0.1, -0.05) is 29.8 Å². The van der Waals surface area contributed by atoms with Gasteiger partial charge in [0, 0.05) is 16.7 Å². The second kappa shape index (κ2) is 6.61. The number of benzene rings is 2. The fourth-order valence-electron chi connectivity index (χ4n) is 2.41. The second-order valence-corrected chi connectivity index (χ2v) is 6.13. The van der Waals surface area contributed by atoms with Gasteiger partial charge in [-0.15, -0.1) is 0 Å². The predicted molar refractivity (Wildman–Crippen MR) is 90.5 cm³/mol. The summed E-state index contributed by atoms with van der Waals surface area (Å²) in [7, 11) is 0. The highest BCUT2D eigenvalue weighted by atomic mass is 79.9. The van der Waals surface area contributed by atoms with Crippen LogP contribution in [0.25, 0.3) is 0 Å². The summed E-state index contributed by atoms with van der Waals surface area (Å²) in [5, 5.41) is 4.18. The average Bonchev–Trinajstić information content (AvgIpc) is 2.41. The molecule has 1 atom stereocenters. The maximum atomic E-state index is 6.02. The van der Waals surface area contributed by atoms with Gasteiger partial charge in [-0.05, 0) is 64.7 Å². The van der Waals surface area contributed by atoms with Crippen molar-refractivity contribution in [2.24, 2.45) is 5.73 Å². The Bertz CT molecular complexity index is 593. The van der Waals surface area contributed by atoms with E-state index >= 15 is 0 Å². The molecule has 0 aromatic heterocycles. The summed E-state index contributed by atoms with van der Waals surface area (Å²) in [6, 6.07) is 12.2. The Hall–Kier alpha value is -1.03. The summed E-state index contributed by atoms with van der Waals surface area (Å²) in [4.78, 5) is 0. The van der Waals surface area contributed by atoms with Crippen molar-refractivity contribution in [2.45, 2.75) is 19.9 Å². The van der Waals surface area contributed by atoms with E-state index in [1.807, 2.05) is 18.2 Å². The van der Waals surface area contributed by atoms with Gasteiger partial charge in [-0.2, -0.15) is 0 Å². The van der Waals surface area contributed by atoms with Crippen LogP contribution < -0.4 is 11.1 Å². The van der Waals surface area contributed by atoms with Crippen molar-refractivity contribution in [3.05, 3.63) is 62.6 Å². The van der Waals surface area contributed by atoms with Gasteiger partial charge in [0.1, 0.15) is 0 Å². The molecule has 1 unspecified atom stereocenters. The number of nitrogens with one attached hydrogen (secondary N) is 1. The first-order valence-corrected chi connectivity index (χ1v) is 7.67. The number of hydrogen-bond donors (Lipinski definition) is 2. The molecule has 0 aliphatic carbocycles. The molecule has 0 bridgehead atoms. The summed E-state index contributed by atoms with van der Waals surface area (Å²) in [6.45, 7) is 4.76. The van der Waals surface area contributed by atoms with Crippen molar-refractivity contribution in [2.75, 3.05) is 11.9 Å². The molecule has 0 spiro atoms. The van der Waals surface area contributed by atoms with Crippen molar-refractivity contribution >= 4 is 33.2 Å². The van der Waals surface area contributed by atoms with Gasteiger partial charge in [0.2, 0.25) is 0 Å². The molecular weight excluding hydrogens is 336 g/mol. The maximum Gasteiger partial charge on any atom is 0.0641 e. The highest BCUT2D eigenvalue weighted by molar-refractivity contribution is 9.10. The molecule has 20 heavy (non-hydrogen) atoms. The van der Waals surface area contributed by atoms with Gasteiger partial charge in [-0.25, -0.2) is 0 Å². The number of anilines is 1. The molecule has 0 aliphatic rings. The minimum Gasteiger partial charge on any atom is -0.377 e. The molecule has 0 fully saturated rings. The molecule has 0 heterocycles. The van der Waals surface area contributed by atoms with Gasteiger partial charge >= 0.3 is 0 Å². The molecule has 2 aromatic rings. The first kappa shape index (κ1) is 15.4. The minimum atomic E-state index is 0.0873. The topological polar surface area (TPSA) is 38.0 Å². The lowest BCUT2D eigenvalue weighted by atomic mass is 9.96. The molecule has 106 valence electrons. The third kappa shape index (κ3) is 3.35. The van der Waals surface area contributed by atoms with E-state index in [1.54, 1.807) is 0 Å². The van der Waals surface area contributed by atoms with Crippen LogP contribution in [-0.2, 0) is 0 Å². The standard InChI is InChI=1S/C16H18BrClN2/c1-10-4-3-5-11(2)16(10)15(9-19)20-12-6-7-14(18)13(17)8-12/h3-8,15,20H,9,19H2,1-2H3. The molecule has 0 amide bonds. The molecular formula is C16H18BrClN2. The van der Waals surface area contributed by atoms with E-state index in [9.17, 15) is 0 Å². The lowest BCUT2D eigenvalue weighted by molar-refractivity contribution is 0.777. The highest BCUT2D eigenvalue weighted by Crippen LogP contribution is 2.29. The molecule has 3 N–H and O–H groups in total. The van der Waals surface area contributed by atoms with E-state index in [0.29, 0.717) is 11.6 Å². The molecule has 0 saturated heterocycles. The van der Waals surface area contributed by atoms with Crippen molar-refractivity contribution in [1.82, 2.24) is 0 Å². The fourth-order valence-corrected chi connectivity index (χ4v) is 2.91. The quantitative estimate of drug-likeness (QED) is 0.826. The summed E-state index contributed by atoms with van der Waals surface area (Å²) in [5.41, 5.74) is 10.7. The van der Waals surface area contributed by atoms with Crippen LogP contribution >= 0.6 is 27.5 Å². The van der Waals surface area contributed by atoms with E-state index in [4.69, 9.17) is 17.3 Å². The zero-order valence-corrected chi connectivity index (χ0v) is 13.9. The van der Waals surface area contributed by atoms with Crippen molar-refractivity contribution in [1.29, 1.82) is 0 Å². The van der Waals surface area contributed by atoms with Gasteiger partial charge in [0.25, 0.3) is 0 Å². The number of aryl methyl sites for hydroxylation is 2. The summed E-state index contributed by atoms with van der Waals surface area (Å²) < 4.78 is 0.876. The van der Waals surface area contributed by atoms with Crippen LogP contribution in [0.3, 0.4) is 0 Å². The third-order valence-electron chi connectivity index (χ3n) is 3.39. The Kier molecular flexibility index (Phi) is 5.08. The number of hydrogen-bond acceptors (Lipinski definition) is 2. The van der Waals surface area contributed by atoms with Crippen LogP contribution in [0, 0.1) is 13.8 Å². The molecule has 2 aromatic carbocycles. The van der Waals surface area contributed by atoms with Crippen LogP contribution in [0.1, 0.15) is 22.7 Å². The number of nitrogens with two attached hydrogens (primary N) is 1. The molecule has 0 aliphatic heterocycles. The van der Waals surface area contributed by atoms with E-state index in [1.165, 1.54) is 16.7 Å². The zero-order valence-electron chi connectivity index (χ0n) is 11.6. The molecule has 0 saturated carbocycles. The molecule has 2 nitrogen and oxygen atoms in total. The molecule has 2 rings (SSSR count). The normalized spacial score (nSPS) is 12.2. The van der Waals surface area contributed by atoms with Gasteiger partial charge in [0.15, 0.2) is 0 Å². The minimum absolute atomic E-state index is 0.0873. The van der Waals surface area contributed by atoms with Crippen molar-refractivity contribution < 1.29 is 0 Å². The zero-order chi connectivity index (χ0) is 14.7. The van der Waals surface area contributed by atoms with Crippen molar-refractivity contribution in [3.63, 3.8) is 0 Å². The van der Waals surface area contributed by atoms with E-state index < -0.39 is 0 Å². The Labute approximate surface area is 133 Å². The Morgan fingerprint density at radius 1 is 1.20 bits per heavy atom. The van der Waals surface area contributed by atoms with Gasteiger partial charge < -0.3 is 11.1 Å². The largest absolute Gasteiger partial charge is 0.377 e. The van der Waals surface area contributed by atoms with Crippen molar-refractivity contribution in [3.8, 4) is 0 Å². The number of halogens is 2. The predicted octanol–water partition coefficient (Wildman–Crippen LogP) is 4.83. The Morgan fingerprint density at radius 3 is 2.40 bits per heavy atom. The van der Waals surface area contributed by atoms with Crippen LogP contribution in [0.4, 0.5) is 5.69 Å². The van der Waals surface area contributed by atoms with E-state index in [0.717, 1.165) is 10.2 Å². The lowest BCUT2D eigenvalue weighted by Gasteiger charge is -2.23. The fraction of sp³-hybridized carbons (Fsp3) is 0.250.